The lowest BCUT2D eigenvalue weighted by molar-refractivity contribution is 0.0239. The zero-order chi connectivity index (χ0) is 12.5. The second kappa shape index (κ2) is 5.10. The van der Waals surface area contributed by atoms with Gasteiger partial charge < -0.3 is 4.90 Å². The Morgan fingerprint density at radius 3 is 2.00 bits per heavy atom. The SMILES string of the molecule is CC(C)(C)N1CCN(CC2(CS)CCC2)CC1. The third kappa shape index (κ3) is 3.18. The van der Waals surface area contributed by atoms with Crippen molar-refractivity contribution in [1.82, 2.24) is 9.80 Å². The minimum atomic E-state index is 0.337. The van der Waals surface area contributed by atoms with E-state index in [1.165, 1.54) is 52.0 Å². The smallest absolute Gasteiger partial charge is 0.0126 e. The molecule has 0 aromatic rings. The van der Waals surface area contributed by atoms with E-state index in [4.69, 9.17) is 0 Å². The first-order valence-corrected chi connectivity index (χ1v) is 7.67. The normalized spacial score (nSPS) is 26.8. The van der Waals surface area contributed by atoms with Crippen LogP contribution in [0.1, 0.15) is 40.0 Å². The molecule has 17 heavy (non-hydrogen) atoms. The molecular formula is C14H28N2S. The minimum Gasteiger partial charge on any atom is -0.300 e. The minimum absolute atomic E-state index is 0.337. The van der Waals surface area contributed by atoms with Crippen molar-refractivity contribution < 1.29 is 0 Å². The number of nitrogens with zero attached hydrogens (tertiary/aromatic N) is 2. The first-order chi connectivity index (χ1) is 7.95. The van der Waals surface area contributed by atoms with Gasteiger partial charge in [0.1, 0.15) is 0 Å². The highest BCUT2D eigenvalue weighted by atomic mass is 32.1. The maximum Gasteiger partial charge on any atom is 0.0126 e. The van der Waals surface area contributed by atoms with E-state index in [0.29, 0.717) is 11.0 Å². The summed E-state index contributed by atoms with van der Waals surface area (Å²) in [4.78, 5) is 5.27. The van der Waals surface area contributed by atoms with Crippen molar-refractivity contribution in [2.45, 2.75) is 45.6 Å². The summed E-state index contributed by atoms with van der Waals surface area (Å²) >= 11 is 4.56. The van der Waals surface area contributed by atoms with Gasteiger partial charge in [-0.3, -0.25) is 4.90 Å². The molecule has 1 aliphatic carbocycles. The number of thiol groups is 1. The van der Waals surface area contributed by atoms with E-state index in [1.807, 2.05) is 0 Å². The molecule has 0 amide bonds. The van der Waals surface area contributed by atoms with Crippen LogP contribution in [-0.4, -0.2) is 53.8 Å². The second-order valence-corrected chi connectivity index (χ2v) is 7.26. The van der Waals surface area contributed by atoms with Crippen molar-refractivity contribution in [1.29, 1.82) is 0 Å². The Labute approximate surface area is 112 Å². The Kier molecular flexibility index (Phi) is 4.11. The van der Waals surface area contributed by atoms with Crippen LogP contribution >= 0.6 is 12.6 Å². The Morgan fingerprint density at radius 1 is 1.06 bits per heavy atom. The van der Waals surface area contributed by atoms with Gasteiger partial charge in [-0.2, -0.15) is 12.6 Å². The highest BCUT2D eigenvalue weighted by Crippen LogP contribution is 2.42. The van der Waals surface area contributed by atoms with E-state index < -0.39 is 0 Å². The first kappa shape index (κ1) is 13.7. The van der Waals surface area contributed by atoms with Gasteiger partial charge in [-0.15, -0.1) is 0 Å². The van der Waals surface area contributed by atoms with Crippen LogP contribution in [0.15, 0.2) is 0 Å². The van der Waals surface area contributed by atoms with E-state index in [0.717, 1.165) is 5.75 Å². The van der Waals surface area contributed by atoms with E-state index in [2.05, 4.69) is 43.2 Å². The lowest BCUT2D eigenvalue weighted by atomic mass is 9.70. The van der Waals surface area contributed by atoms with Crippen LogP contribution < -0.4 is 0 Å². The predicted octanol–water partition coefficient (Wildman–Crippen LogP) is 2.50. The molecule has 1 saturated heterocycles. The molecule has 0 aromatic carbocycles. The molecule has 0 bridgehead atoms. The summed E-state index contributed by atoms with van der Waals surface area (Å²) in [5.41, 5.74) is 0.900. The average molecular weight is 256 g/mol. The molecule has 2 rings (SSSR count). The summed E-state index contributed by atoms with van der Waals surface area (Å²) in [6.07, 6.45) is 4.22. The first-order valence-electron chi connectivity index (χ1n) is 7.04. The van der Waals surface area contributed by atoms with E-state index >= 15 is 0 Å². The molecule has 3 heteroatoms. The topological polar surface area (TPSA) is 6.48 Å². The Morgan fingerprint density at radius 2 is 1.65 bits per heavy atom. The van der Waals surface area contributed by atoms with Gasteiger partial charge in [0.25, 0.3) is 0 Å². The quantitative estimate of drug-likeness (QED) is 0.775. The van der Waals surface area contributed by atoms with Crippen LogP contribution in [0.25, 0.3) is 0 Å². The summed E-state index contributed by atoms with van der Waals surface area (Å²) < 4.78 is 0. The van der Waals surface area contributed by atoms with Crippen LogP contribution in [-0.2, 0) is 0 Å². The molecule has 0 unspecified atom stereocenters. The van der Waals surface area contributed by atoms with Crippen molar-refractivity contribution >= 4 is 12.6 Å². The van der Waals surface area contributed by atoms with Crippen molar-refractivity contribution in [3.8, 4) is 0 Å². The van der Waals surface area contributed by atoms with Gasteiger partial charge in [0.15, 0.2) is 0 Å². The molecule has 100 valence electrons. The van der Waals surface area contributed by atoms with Gasteiger partial charge in [0.05, 0.1) is 0 Å². The number of hydrogen-bond donors (Lipinski definition) is 1. The third-order valence-electron chi connectivity index (χ3n) is 4.63. The third-order valence-corrected chi connectivity index (χ3v) is 5.30. The number of hydrogen-bond acceptors (Lipinski definition) is 3. The fourth-order valence-electron chi connectivity index (χ4n) is 3.09. The monoisotopic (exact) mass is 256 g/mol. The molecule has 1 heterocycles. The van der Waals surface area contributed by atoms with Crippen LogP contribution in [0.2, 0.25) is 0 Å². The molecule has 2 nitrogen and oxygen atoms in total. The zero-order valence-electron chi connectivity index (χ0n) is 11.7. The molecular weight excluding hydrogens is 228 g/mol. The van der Waals surface area contributed by atoms with Crippen molar-refractivity contribution in [2.75, 3.05) is 38.5 Å². The zero-order valence-corrected chi connectivity index (χ0v) is 12.6. The molecule has 1 saturated carbocycles. The Bertz CT molecular complexity index is 242. The number of rotatable bonds is 3. The predicted molar refractivity (Wildman–Crippen MR) is 77.9 cm³/mol. The fraction of sp³-hybridized carbons (Fsp3) is 1.00. The van der Waals surface area contributed by atoms with Crippen LogP contribution in [0.5, 0.6) is 0 Å². The van der Waals surface area contributed by atoms with Gasteiger partial charge in [0, 0.05) is 38.3 Å². The van der Waals surface area contributed by atoms with Crippen molar-refractivity contribution in [2.24, 2.45) is 5.41 Å². The Hall–Kier alpha value is 0.270. The van der Waals surface area contributed by atoms with Gasteiger partial charge in [-0.1, -0.05) is 6.42 Å². The van der Waals surface area contributed by atoms with E-state index in [1.54, 1.807) is 0 Å². The van der Waals surface area contributed by atoms with E-state index in [-0.39, 0.29) is 0 Å². The maximum absolute atomic E-state index is 4.56. The number of piperazine rings is 1. The lowest BCUT2D eigenvalue weighted by Crippen LogP contribution is -2.56. The summed E-state index contributed by atoms with van der Waals surface area (Å²) in [6.45, 7) is 13.2. The molecule has 0 aromatic heterocycles. The molecule has 0 spiro atoms. The molecule has 1 aliphatic heterocycles. The average Bonchev–Trinajstić information content (AvgIpc) is 2.23. The standard InChI is InChI=1S/C14H28N2S/c1-13(2,3)16-9-7-15(8-10-16)11-14(12-17)5-4-6-14/h17H,4-12H2,1-3H3. The summed E-state index contributed by atoms with van der Waals surface area (Å²) in [6, 6.07) is 0. The Balaban J connectivity index is 1.79. The summed E-state index contributed by atoms with van der Waals surface area (Å²) in [5.74, 6) is 1.08. The molecule has 0 atom stereocenters. The lowest BCUT2D eigenvalue weighted by Gasteiger charge is -2.48. The van der Waals surface area contributed by atoms with Gasteiger partial charge >= 0.3 is 0 Å². The van der Waals surface area contributed by atoms with E-state index in [9.17, 15) is 0 Å². The maximum atomic E-state index is 4.56. The van der Waals surface area contributed by atoms with Gasteiger partial charge in [-0.05, 0) is 44.8 Å². The van der Waals surface area contributed by atoms with Crippen molar-refractivity contribution in [3.63, 3.8) is 0 Å². The highest BCUT2D eigenvalue weighted by Gasteiger charge is 2.38. The summed E-state index contributed by atoms with van der Waals surface area (Å²) in [5, 5.41) is 0. The molecule has 2 fully saturated rings. The van der Waals surface area contributed by atoms with Gasteiger partial charge in [0.2, 0.25) is 0 Å². The van der Waals surface area contributed by atoms with Crippen LogP contribution in [0, 0.1) is 5.41 Å². The summed E-state index contributed by atoms with van der Waals surface area (Å²) in [7, 11) is 0. The molecule has 0 N–H and O–H groups in total. The molecule has 0 radical (unpaired) electrons. The highest BCUT2D eigenvalue weighted by molar-refractivity contribution is 7.80. The van der Waals surface area contributed by atoms with Crippen LogP contribution in [0.3, 0.4) is 0 Å². The fourth-order valence-corrected chi connectivity index (χ4v) is 3.51. The van der Waals surface area contributed by atoms with Crippen LogP contribution in [0.4, 0.5) is 0 Å². The largest absolute Gasteiger partial charge is 0.300 e. The molecule has 2 aliphatic rings. The van der Waals surface area contributed by atoms with Crippen molar-refractivity contribution in [3.05, 3.63) is 0 Å². The van der Waals surface area contributed by atoms with Gasteiger partial charge in [-0.25, -0.2) is 0 Å². The second-order valence-electron chi connectivity index (χ2n) is 6.95.